The Bertz CT molecular complexity index is 1170. The minimum Gasteiger partial charge on any atom is -0.497 e. The molecule has 1 amide bonds. The van der Waals surface area contributed by atoms with Crippen molar-refractivity contribution in [2.45, 2.75) is 19.3 Å². The van der Waals surface area contributed by atoms with E-state index in [2.05, 4.69) is 27.1 Å². The van der Waals surface area contributed by atoms with Crippen LogP contribution in [0.1, 0.15) is 17.7 Å². The molecule has 0 aliphatic heterocycles. The van der Waals surface area contributed by atoms with Gasteiger partial charge in [0, 0.05) is 24.9 Å². The van der Waals surface area contributed by atoms with Gasteiger partial charge in [-0.3, -0.25) is 9.59 Å². The van der Waals surface area contributed by atoms with Crippen molar-refractivity contribution < 1.29 is 19.0 Å². The first-order valence-electron chi connectivity index (χ1n) is 10.8. The number of hydrogen-bond donors (Lipinski definition) is 2. The van der Waals surface area contributed by atoms with E-state index in [9.17, 15) is 9.59 Å². The molecule has 178 valence electrons. The molecule has 0 bridgehead atoms. The highest BCUT2D eigenvalue weighted by molar-refractivity contribution is 5.76. The molecule has 0 fully saturated rings. The number of H-pyrrole nitrogens is 1. The van der Waals surface area contributed by atoms with E-state index in [1.54, 1.807) is 31.4 Å². The molecule has 0 spiro atoms. The highest BCUT2D eigenvalue weighted by atomic mass is 16.5. The molecule has 0 radical (unpaired) electrons. The molecule has 2 aromatic carbocycles. The summed E-state index contributed by atoms with van der Waals surface area (Å²) in [4.78, 5) is 27.4. The third kappa shape index (κ3) is 6.68. The summed E-state index contributed by atoms with van der Waals surface area (Å²) in [7, 11) is 3.15. The van der Waals surface area contributed by atoms with Gasteiger partial charge in [0.25, 0.3) is 5.56 Å². The van der Waals surface area contributed by atoms with Crippen molar-refractivity contribution in [3.05, 3.63) is 76.7 Å². The number of carbonyl (C=O) groups is 1. The van der Waals surface area contributed by atoms with Crippen molar-refractivity contribution in [1.82, 2.24) is 20.5 Å². The first-order chi connectivity index (χ1) is 16.5. The third-order valence-electron chi connectivity index (χ3n) is 5.04. The zero-order valence-corrected chi connectivity index (χ0v) is 19.3. The molecule has 9 heteroatoms. The number of hydrogen-bond acceptors (Lipinski definition) is 7. The molecule has 0 aliphatic rings. The second kappa shape index (κ2) is 12.2. The highest BCUT2D eigenvalue weighted by Crippen LogP contribution is 2.31. The van der Waals surface area contributed by atoms with Gasteiger partial charge in [-0.15, -0.1) is 10.2 Å². The smallest absolute Gasteiger partial charge is 0.273 e. The predicted molar refractivity (Wildman–Crippen MR) is 128 cm³/mol. The summed E-state index contributed by atoms with van der Waals surface area (Å²) >= 11 is 0. The number of carbonyl (C=O) groups excluding carboxylic acids is 1. The average Bonchev–Trinajstić information content (AvgIpc) is 2.87. The largest absolute Gasteiger partial charge is 0.497 e. The number of rotatable bonds is 12. The Morgan fingerprint density at radius 3 is 2.53 bits per heavy atom. The molecule has 2 N–H and O–H groups in total. The van der Waals surface area contributed by atoms with E-state index in [0.717, 1.165) is 11.3 Å². The molecule has 34 heavy (non-hydrogen) atoms. The number of aromatic nitrogens is 3. The quantitative estimate of drug-likeness (QED) is 0.396. The number of nitrogens with zero attached hydrogens (tertiary/aromatic N) is 2. The van der Waals surface area contributed by atoms with E-state index >= 15 is 0 Å². The molecule has 0 unspecified atom stereocenters. The van der Waals surface area contributed by atoms with Crippen LogP contribution in [0.25, 0.3) is 11.4 Å². The number of aryl methyl sites for hydroxylation is 1. The van der Waals surface area contributed by atoms with Gasteiger partial charge in [0.2, 0.25) is 5.91 Å². The number of amides is 1. The van der Waals surface area contributed by atoms with Crippen LogP contribution in [0.2, 0.25) is 0 Å². The monoisotopic (exact) mass is 464 g/mol. The zero-order valence-electron chi connectivity index (χ0n) is 19.3. The number of ether oxygens (including phenoxy) is 3. The number of aromatic amines is 1. The molecule has 0 aliphatic carbocycles. The van der Waals surface area contributed by atoms with Crippen molar-refractivity contribution in [1.29, 1.82) is 0 Å². The van der Waals surface area contributed by atoms with Crippen molar-refractivity contribution in [3.63, 3.8) is 0 Å². The average molecular weight is 465 g/mol. The molecule has 1 heterocycles. The Labute approximate surface area is 197 Å². The summed E-state index contributed by atoms with van der Waals surface area (Å²) in [5.41, 5.74) is 1.53. The molecule has 0 saturated heterocycles. The fourth-order valence-electron chi connectivity index (χ4n) is 3.20. The standard InChI is InChI=1S/C25H28N4O5/c1-4-15-34-21-11-7-18(16-22(21)33-3)24-27-25(31)20(28-29-24)10-12-23(30)26-14-13-17-5-8-19(32-2)9-6-17/h4-9,11,16H,1,10,12-15H2,2-3H3,(H,26,30)(H,27,29,31). The molecular formula is C25H28N4O5. The SMILES string of the molecule is C=CCOc1ccc(-c2nnc(CCC(=O)NCCc3ccc(OC)cc3)c(=O)[nH]2)cc1OC. The fraction of sp³-hybridized carbons (Fsp3) is 0.280. The van der Waals surface area contributed by atoms with Crippen molar-refractivity contribution >= 4 is 5.91 Å². The molecule has 9 nitrogen and oxygen atoms in total. The Kier molecular flexibility index (Phi) is 8.79. The van der Waals surface area contributed by atoms with Gasteiger partial charge < -0.3 is 24.5 Å². The molecule has 1 aromatic heterocycles. The summed E-state index contributed by atoms with van der Waals surface area (Å²) < 4.78 is 16.0. The van der Waals surface area contributed by atoms with E-state index < -0.39 is 0 Å². The van der Waals surface area contributed by atoms with E-state index in [4.69, 9.17) is 14.2 Å². The van der Waals surface area contributed by atoms with E-state index in [1.165, 1.54) is 7.11 Å². The van der Waals surface area contributed by atoms with Crippen molar-refractivity contribution in [3.8, 4) is 28.6 Å². The predicted octanol–water partition coefficient (Wildman–Crippen LogP) is 2.71. The topological polar surface area (TPSA) is 115 Å². The van der Waals surface area contributed by atoms with Crippen LogP contribution in [0.15, 0.2) is 59.9 Å². The molecule has 0 saturated carbocycles. The van der Waals surface area contributed by atoms with Gasteiger partial charge in [0.1, 0.15) is 18.1 Å². The minimum atomic E-state index is -0.387. The van der Waals surface area contributed by atoms with E-state index in [0.29, 0.717) is 42.5 Å². The van der Waals surface area contributed by atoms with E-state index in [1.807, 2.05) is 24.3 Å². The lowest BCUT2D eigenvalue weighted by Gasteiger charge is -2.10. The maximum absolute atomic E-state index is 12.5. The van der Waals surface area contributed by atoms with Crippen LogP contribution < -0.4 is 25.1 Å². The van der Waals surface area contributed by atoms with Gasteiger partial charge in [0.15, 0.2) is 17.3 Å². The lowest BCUT2D eigenvalue weighted by molar-refractivity contribution is -0.121. The summed E-state index contributed by atoms with van der Waals surface area (Å²) in [5, 5.41) is 11.0. The van der Waals surface area contributed by atoms with Gasteiger partial charge in [-0.25, -0.2) is 0 Å². The highest BCUT2D eigenvalue weighted by Gasteiger charge is 2.12. The Hall–Kier alpha value is -4.14. The summed E-state index contributed by atoms with van der Waals surface area (Å²) in [6, 6.07) is 12.9. The van der Waals surface area contributed by atoms with Crippen LogP contribution in [-0.4, -0.2) is 48.5 Å². The summed E-state index contributed by atoms with van der Waals surface area (Å²) in [6.07, 6.45) is 2.67. The third-order valence-corrected chi connectivity index (χ3v) is 5.04. The van der Waals surface area contributed by atoms with Crippen LogP contribution in [0.5, 0.6) is 17.2 Å². The molecule has 3 rings (SSSR count). The van der Waals surface area contributed by atoms with Crippen LogP contribution in [0, 0.1) is 0 Å². The molecule has 3 aromatic rings. The molecular weight excluding hydrogens is 436 g/mol. The summed E-state index contributed by atoms with van der Waals surface area (Å²) in [6.45, 7) is 4.46. The fourth-order valence-corrected chi connectivity index (χ4v) is 3.20. The second-order valence-corrected chi connectivity index (χ2v) is 7.36. The van der Waals surface area contributed by atoms with Crippen LogP contribution >= 0.6 is 0 Å². The number of nitrogens with one attached hydrogen (secondary N) is 2. The van der Waals surface area contributed by atoms with Crippen molar-refractivity contribution in [2.75, 3.05) is 27.4 Å². The lowest BCUT2D eigenvalue weighted by Crippen LogP contribution is -2.27. The van der Waals surface area contributed by atoms with Crippen molar-refractivity contribution in [2.24, 2.45) is 0 Å². The summed E-state index contributed by atoms with van der Waals surface area (Å²) in [5.74, 6) is 1.98. The lowest BCUT2D eigenvalue weighted by atomic mass is 10.1. The van der Waals surface area contributed by atoms with Crippen LogP contribution in [0.3, 0.4) is 0 Å². The van der Waals surface area contributed by atoms with Gasteiger partial charge >= 0.3 is 0 Å². The zero-order chi connectivity index (χ0) is 24.3. The van der Waals surface area contributed by atoms with Gasteiger partial charge in [0.05, 0.1) is 14.2 Å². The second-order valence-electron chi connectivity index (χ2n) is 7.36. The number of benzene rings is 2. The van der Waals surface area contributed by atoms with E-state index in [-0.39, 0.29) is 30.0 Å². The Morgan fingerprint density at radius 2 is 1.85 bits per heavy atom. The first-order valence-corrected chi connectivity index (χ1v) is 10.8. The van der Waals surface area contributed by atoms with Gasteiger partial charge in [-0.05, 0) is 42.3 Å². The van der Waals surface area contributed by atoms with Gasteiger partial charge in [-0.1, -0.05) is 24.8 Å². The van der Waals surface area contributed by atoms with Crippen LogP contribution in [-0.2, 0) is 17.6 Å². The molecule has 0 atom stereocenters. The minimum absolute atomic E-state index is 0.142. The maximum Gasteiger partial charge on any atom is 0.273 e. The van der Waals surface area contributed by atoms with Crippen LogP contribution in [0.4, 0.5) is 0 Å². The normalized spacial score (nSPS) is 10.4. The maximum atomic E-state index is 12.5. The van der Waals surface area contributed by atoms with Gasteiger partial charge in [-0.2, -0.15) is 0 Å². The number of methoxy groups -OCH3 is 2. The Morgan fingerprint density at radius 1 is 1.06 bits per heavy atom. The first kappa shape index (κ1) is 24.5. The Balaban J connectivity index is 1.54.